The summed E-state index contributed by atoms with van der Waals surface area (Å²) in [6.45, 7) is -0.130. The third-order valence-corrected chi connectivity index (χ3v) is 2.94. The lowest BCUT2D eigenvalue weighted by atomic mass is 10.2. The van der Waals surface area contributed by atoms with Crippen molar-refractivity contribution in [3.05, 3.63) is 60.1 Å². The van der Waals surface area contributed by atoms with Gasteiger partial charge in [0.25, 0.3) is 0 Å². The summed E-state index contributed by atoms with van der Waals surface area (Å²) in [5, 5.41) is 6.75. The monoisotopic (exact) mass is 308 g/mol. The summed E-state index contributed by atoms with van der Waals surface area (Å²) in [5.41, 5.74) is 1.69. The first-order chi connectivity index (χ1) is 10.5. The number of furan rings is 1. The van der Waals surface area contributed by atoms with Crippen molar-refractivity contribution in [1.82, 2.24) is 10.2 Å². The quantitative estimate of drug-likeness (QED) is 0.783. The van der Waals surface area contributed by atoms with Crippen LogP contribution in [0.4, 0.5) is 13.2 Å². The molecule has 0 radical (unpaired) electrons. The van der Waals surface area contributed by atoms with E-state index in [1.165, 1.54) is 6.07 Å². The summed E-state index contributed by atoms with van der Waals surface area (Å²) in [6, 6.07) is 13.2. The lowest BCUT2D eigenvalue weighted by molar-refractivity contribution is -0.153. The summed E-state index contributed by atoms with van der Waals surface area (Å²) in [6.07, 6.45) is -4.49. The molecule has 114 valence electrons. The number of ether oxygens (including phenoxy) is 1. The van der Waals surface area contributed by atoms with Gasteiger partial charge in [-0.25, -0.2) is 0 Å². The van der Waals surface area contributed by atoms with Crippen LogP contribution in [0.1, 0.15) is 11.5 Å². The van der Waals surface area contributed by atoms with Crippen LogP contribution < -0.4 is 4.74 Å². The molecule has 2 aromatic heterocycles. The zero-order valence-electron chi connectivity index (χ0n) is 11.2. The smallest absolute Gasteiger partial charge is 0.449 e. The maximum absolute atomic E-state index is 12.4. The lowest BCUT2D eigenvalue weighted by Crippen LogP contribution is -2.02. The van der Waals surface area contributed by atoms with Gasteiger partial charge in [-0.05, 0) is 17.7 Å². The number of benzene rings is 1. The van der Waals surface area contributed by atoms with Gasteiger partial charge in [-0.3, -0.25) is 5.10 Å². The van der Waals surface area contributed by atoms with Crippen molar-refractivity contribution in [2.24, 2.45) is 0 Å². The second-order valence-corrected chi connectivity index (χ2v) is 4.54. The molecule has 0 amide bonds. The molecule has 0 aliphatic carbocycles. The van der Waals surface area contributed by atoms with Crippen LogP contribution in [-0.4, -0.2) is 10.2 Å². The van der Waals surface area contributed by atoms with Crippen molar-refractivity contribution in [2.75, 3.05) is 0 Å². The van der Waals surface area contributed by atoms with Crippen LogP contribution in [0.3, 0.4) is 0 Å². The Hall–Kier alpha value is -2.70. The minimum Gasteiger partial charge on any atom is -0.468 e. The number of aromatic nitrogens is 2. The van der Waals surface area contributed by atoms with Crippen LogP contribution >= 0.6 is 0 Å². The van der Waals surface area contributed by atoms with Crippen LogP contribution in [0.15, 0.2) is 52.9 Å². The number of halogens is 3. The fourth-order valence-corrected chi connectivity index (χ4v) is 1.90. The van der Waals surface area contributed by atoms with Crippen LogP contribution in [0, 0.1) is 0 Å². The van der Waals surface area contributed by atoms with Gasteiger partial charge in [0.05, 0.1) is 5.69 Å². The number of alkyl halides is 3. The molecular weight excluding hydrogens is 297 g/mol. The normalized spacial score (nSPS) is 11.6. The summed E-state index contributed by atoms with van der Waals surface area (Å²) in [7, 11) is 0. The molecule has 0 aliphatic rings. The summed E-state index contributed by atoms with van der Waals surface area (Å²) in [5.74, 6) is -0.682. The molecule has 0 saturated carbocycles. The molecule has 4 nitrogen and oxygen atoms in total. The highest BCUT2D eigenvalue weighted by molar-refractivity contribution is 5.59. The highest BCUT2D eigenvalue weighted by Gasteiger charge is 2.34. The third-order valence-electron chi connectivity index (χ3n) is 2.94. The van der Waals surface area contributed by atoms with Gasteiger partial charge >= 0.3 is 6.18 Å². The van der Waals surface area contributed by atoms with E-state index in [0.29, 0.717) is 0 Å². The van der Waals surface area contributed by atoms with E-state index < -0.39 is 11.9 Å². The highest BCUT2D eigenvalue weighted by atomic mass is 19.4. The molecule has 0 spiro atoms. The molecule has 0 aliphatic heterocycles. The van der Waals surface area contributed by atoms with Gasteiger partial charge in [-0.15, -0.1) is 5.10 Å². The van der Waals surface area contributed by atoms with Crippen molar-refractivity contribution in [2.45, 2.75) is 12.8 Å². The number of H-pyrrole nitrogens is 1. The first-order valence-electron chi connectivity index (χ1n) is 6.42. The fourth-order valence-electron chi connectivity index (χ4n) is 1.90. The van der Waals surface area contributed by atoms with E-state index >= 15 is 0 Å². The molecule has 3 rings (SSSR count). The Bertz CT molecular complexity index is 747. The minimum absolute atomic E-state index is 0.0802. The van der Waals surface area contributed by atoms with E-state index in [1.54, 1.807) is 6.07 Å². The number of nitrogens with one attached hydrogen (secondary N) is 1. The molecule has 0 atom stereocenters. The molecule has 22 heavy (non-hydrogen) atoms. The Morgan fingerprint density at radius 1 is 1.09 bits per heavy atom. The molecule has 1 aromatic carbocycles. The first kappa shape index (κ1) is 14.2. The van der Waals surface area contributed by atoms with E-state index in [2.05, 4.69) is 14.6 Å². The number of hydrogen-bond acceptors (Lipinski definition) is 3. The van der Waals surface area contributed by atoms with Crippen molar-refractivity contribution >= 4 is 0 Å². The van der Waals surface area contributed by atoms with E-state index in [-0.39, 0.29) is 18.2 Å². The molecule has 0 unspecified atom stereocenters. The standard InChI is InChI=1S/C15H11F3N2O2/c16-15(17,18)13-7-6-11(22-13)9-21-14-8-12(19-20-14)10-4-2-1-3-5-10/h1-8H,9H2,(H,19,20). The SMILES string of the molecule is FC(F)(F)c1ccc(COc2cc(-c3ccccc3)[nH]n2)o1. The van der Waals surface area contributed by atoms with E-state index in [4.69, 9.17) is 4.74 Å². The highest BCUT2D eigenvalue weighted by Crippen LogP contribution is 2.31. The molecule has 0 fully saturated rings. The van der Waals surface area contributed by atoms with Gasteiger partial charge in [0, 0.05) is 6.07 Å². The van der Waals surface area contributed by atoms with Crippen LogP contribution in [-0.2, 0) is 12.8 Å². The Balaban J connectivity index is 1.65. The van der Waals surface area contributed by atoms with Crippen molar-refractivity contribution in [1.29, 1.82) is 0 Å². The topological polar surface area (TPSA) is 51.0 Å². The van der Waals surface area contributed by atoms with Crippen LogP contribution in [0.5, 0.6) is 5.88 Å². The van der Waals surface area contributed by atoms with Crippen molar-refractivity contribution in [3.8, 4) is 17.1 Å². The maximum atomic E-state index is 12.4. The van der Waals surface area contributed by atoms with Gasteiger partial charge in [-0.1, -0.05) is 30.3 Å². The Labute approximate surface area is 123 Å². The molecule has 7 heteroatoms. The predicted molar refractivity (Wildman–Crippen MR) is 72.1 cm³/mol. The molecule has 3 aromatic rings. The van der Waals surface area contributed by atoms with Crippen molar-refractivity contribution in [3.63, 3.8) is 0 Å². The largest absolute Gasteiger partial charge is 0.468 e. The lowest BCUT2D eigenvalue weighted by Gasteiger charge is -2.01. The van der Waals surface area contributed by atoms with Gasteiger partial charge in [0.2, 0.25) is 11.6 Å². The van der Waals surface area contributed by atoms with Gasteiger partial charge in [0.15, 0.2) is 0 Å². The zero-order chi connectivity index (χ0) is 15.6. The average molecular weight is 308 g/mol. The van der Waals surface area contributed by atoms with Crippen LogP contribution in [0.2, 0.25) is 0 Å². The summed E-state index contributed by atoms with van der Waals surface area (Å²) >= 11 is 0. The molecule has 1 N–H and O–H groups in total. The van der Waals surface area contributed by atoms with E-state index in [0.717, 1.165) is 17.3 Å². The Morgan fingerprint density at radius 2 is 1.86 bits per heavy atom. The molecule has 2 heterocycles. The van der Waals surface area contributed by atoms with E-state index in [9.17, 15) is 13.2 Å². The predicted octanol–water partition coefficient (Wildman–Crippen LogP) is 4.27. The molecular formula is C15H11F3N2O2. The van der Waals surface area contributed by atoms with Crippen LogP contribution in [0.25, 0.3) is 11.3 Å². The summed E-state index contributed by atoms with van der Waals surface area (Å²) < 4.78 is 47.2. The second-order valence-electron chi connectivity index (χ2n) is 4.54. The number of hydrogen-bond donors (Lipinski definition) is 1. The van der Waals surface area contributed by atoms with Gasteiger partial charge in [0.1, 0.15) is 12.4 Å². The Morgan fingerprint density at radius 3 is 2.55 bits per heavy atom. The Kier molecular flexibility index (Phi) is 3.62. The summed E-state index contributed by atoms with van der Waals surface area (Å²) in [4.78, 5) is 0. The maximum Gasteiger partial charge on any atom is 0.449 e. The van der Waals surface area contributed by atoms with Crippen molar-refractivity contribution < 1.29 is 22.3 Å². The first-order valence-corrected chi connectivity index (χ1v) is 6.42. The molecule has 0 bridgehead atoms. The zero-order valence-corrected chi connectivity index (χ0v) is 11.2. The van der Waals surface area contributed by atoms with Gasteiger partial charge < -0.3 is 9.15 Å². The molecule has 0 saturated heterocycles. The van der Waals surface area contributed by atoms with Gasteiger partial charge in [-0.2, -0.15) is 13.2 Å². The fraction of sp³-hybridized carbons (Fsp3) is 0.133. The average Bonchev–Trinajstić information content (AvgIpc) is 3.15. The third kappa shape index (κ3) is 3.13. The number of rotatable bonds is 4. The second kappa shape index (κ2) is 5.59. The minimum atomic E-state index is -4.49. The van der Waals surface area contributed by atoms with E-state index in [1.807, 2.05) is 30.3 Å². The number of aromatic amines is 1. The number of nitrogens with zero attached hydrogens (tertiary/aromatic N) is 1.